The fourth-order valence-electron chi connectivity index (χ4n) is 4.34. The van der Waals surface area contributed by atoms with Gasteiger partial charge >= 0.3 is 7.60 Å². The first-order valence-corrected chi connectivity index (χ1v) is 10.8. The highest BCUT2D eigenvalue weighted by Crippen LogP contribution is 2.55. The molecule has 1 aromatic carbocycles. The normalized spacial score (nSPS) is 17.5. The Balaban J connectivity index is 2.29. The number of nitro groups is 1. The van der Waals surface area contributed by atoms with Crippen molar-refractivity contribution in [3.63, 3.8) is 0 Å². The van der Waals surface area contributed by atoms with E-state index in [-0.39, 0.29) is 35.4 Å². The summed E-state index contributed by atoms with van der Waals surface area (Å²) in [7, 11) is -2.74. The van der Waals surface area contributed by atoms with Gasteiger partial charge in [0.1, 0.15) is 5.56 Å². The number of rotatable bonds is 5. The second-order valence-corrected chi connectivity index (χ2v) is 8.67. The van der Waals surface area contributed by atoms with Gasteiger partial charge in [-0.2, -0.15) is 0 Å². The van der Waals surface area contributed by atoms with Crippen molar-refractivity contribution in [2.45, 2.75) is 46.1 Å². The predicted molar refractivity (Wildman–Crippen MR) is 105 cm³/mol. The van der Waals surface area contributed by atoms with Crippen molar-refractivity contribution in [3.05, 3.63) is 55.4 Å². The van der Waals surface area contributed by atoms with Crippen LogP contribution in [0.2, 0.25) is 0 Å². The molecular formula is C19H23N2O6P. The van der Waals surface area contributed by atoms with Crippen LogP contribution in [0.5, 0.6) is 0 Å². The minimum atomic E-state index is -4.35. The number of nitro benzene ring substituents is 1. The number of carbonyl (C=O) groups is 1. The maximum Gasteiger partial charge on any atom is 0.352 e. The number of hydrogen-bond donors (Lipinski definition) is 2. The number of amides is 1. The SMILES string of the molecule is CCC1=C(c2ccc([N+](=O)[O-])c3c2CN(C)C3=O)CCC(P(=O)(O)O)=C1CC. The zero-order valence-electron chi connectivity index (χ0n) is 16.1. The molecule has 9 heteroatoms. The molecule has 0 saturated heterocycles. The zero-order valence-corrected chi connectivity index (χ0v) is 17.0. The van der Waals surface area contributed by atoms with Crippen LogP contribution >= 0.6 is 7.60 Å². The Labute approximate surface area is 162 Å². The Morgan fingerprint density at radius 3 is 2.36 bits per heavy atom. The van der Waals surface area contributed by atoms with E-state index in [1.807, 2.05) is 13.8 Å². The minimum Gasteiger partial charge on any atom is -0.337 e. The van der Waals surface area contributed by atoms with Crippen LogP contribution in [0.4, 0.5) is 5.69 Å². The van der Waals surface area contributed by atoms with E-state index in [2.05, 4.69) is 0 Å². The molecule has 1 aliphatic heterocycles. The Hall–Kier alpha value is -2.28. The van der Waals surface area contributed by atoms with Crippen LogP contribution in [0.25, 0.3) is 5.57 Å². The molecule has 1 aliphatic carbocycles. The van der Waals surface area contributed by atoms with Crippen molar-refractivity contribution < 1.29 is 24.1 Å². The van der Waals surface area contributed by atoms with E-state index in [4.69, 9.17) is 0 Å². The summed E-state index contributed by atoms with van der Waals surface area (Å²) in [4.78, 5) is 44.3. The summed E-state index contributed by atoms with van der Waals surface area (Å²) in [5.74, 6) is -0.375. The van der Waals surface area contributed by atoms with E-state index in [1.54, 1.807) is 13.1 Å². The van der Waals surface area contributed by atoms with Gasteiger partial charge in [0.2, 0.25) is 0 Å². The molecule has 2 N–H and O–H groups in total. The number of hydrogen-bond acceptors (Lipinski definition) is 4. The second kappa shape index (κ2) is 7.28. The van der Waals surface area contributed by atoms with Crippen LogP contribution in [0.15, 0.2) is 28.6 Å². The summed E-state index contributed by atoms with van der Waals surface area (Å²) in [6, 6.07) is 3.03. The summed E-state index contributed by atoms with van der Waals surface area (Å²) >= 11 is 0. The molecule has 0 saturated carbocycles. The third-order valence-electron chi connectivity index (χ3n) is 5.52. The van der Waals surface area contributed by atoms with Gasteiger partial charge in [0, 0.05) is 25.0 Å². The lowest BCUT2D eigenvalue weighted by Gasteiger charge is -2.27. The molecule has 0 aromatic heterocycles. The molecule has 2 aliphatic rings. The number of allylic oxidation sites excluding steroid dienone is 4. The van der Waals surface area contributed by atoms with E-state index in [0.717, 1.165) is 16.7 Å². The predicted octanol–water partition coefficient (Wildman–Crippen LogP) is 3.98. The molecule has 3 rings (SSSR count). The van der Waals surface area contributed by atoms with Crippen LogP contribution in [0, 0.1) is 10.1 Å². The fourth-order valence-corrected chi connectivity index (χ4v) is 5.39. The molecule has 0 spiro atoms. The highest BCUT2D eigenvalue weighted by molar-refractivity contribution is 7.56. The van der Waals surface area contributed by atoms with Crippen LogP contribution < -0.4 is 0 Å². The van der Waals surface area contributed by atoms with E-state index in [9.17, 15) is 29.3 Å². The number of fused-ring (bicyclic) bond motifs is 1. The molecule has 1 aromatic rings. The molecule has 0 atom stereocenters. The number of carbonyl (C=O) groups excluding carboxylic acids is 1. The first-order valence-electron chi connectivity index (χ1n) is 9.18. The Kier molecular flexibility index (Phi) is 5.32. The Bertz CT molecular complexity index is 988. The molecule has 0 fully saturated rings. The van der Waals surface area contributed by atoms with Gasteiger partial charge in [-0.15, -0.1) is 0 Å². The largest absolute Gasteiger partial charge is 0.352 e. The van der Waals surface area contributed by atoms with Crippen molar-refractivity contribution in [2.75, 3.05) is 7.05 Å². The third kappa shape index (κ3) is 3.21. The van der Waals surface area contributed by atoms with E-state index < -0.39 is 12.5 Å². The second-order valence-electron chi connectivity index (χ2n) is 7.04. The molecule has 1 heterocycles. The average Bonchev–Trinajstić information content (AvgIpc) is 2.93. The van der Waals surface area contributed by atoms with Crippen molar-refractivity contribution in [3.8, 4) is 0 Å². The standard InChI is InChI=1S/C19H23N2O6P/c1-4-11-12(5-2)17(28(25,26)27)9-7-13(11)14-6-8-16(21(23)24)18-15(14)10-20(3)19(18)22/h6,8H,4-5,7,9-10H2,1-3H3,(H2,25,26,27). The Morgan fingerprint density at radius 2 is 1.82 bits per heavy atom. The lowest BCUT2D eigenvalue weighted by Crippen LogP contribution is -2.18. The quantitative estimate of drug-likeness (QED) is 0.433. The zero-order chi connectivity index (χ0) is 20.8. The number of nitrogens with zero attached hydrogens (tertiary/aromatic N) is 2. The monoisotopic (exact) mass is 406 g/mol. The van der Waals surface area contributed by atoms with Gasteiger partial charge in [-0.25, -0.2) is 0 Å². The van der Waals surface area contributed by atoms with Gasteiger partial charge in [-0.1, -0.05) is 13.8 Å². The first kappa shape index (κ1) is 20.5. The topological polar surface area (TPSA) is 121 Å². The fraction of sp³-hybridized carbons (Fsp3) is 0.421. The Morgan fingerprint density at radius 1 is 1.18 bits per heavy atom. The van der Waals surface area contributed by atoms with E-state index in [1.165, 1.54) is 11.0 Å². The van der Waals surface area contributed by atoms with Gasteiger partial charge < -0.3 is 14.7 Å². The highest BCUT2D eigenvalue weighted by atomic mass is 31.2. The van der Waals surface area contributed by atoms with Crippen molar-refractivity contribution in [2.24, 2.45) is 0 Å². The van der Waals surface area contributed by atoms with Crippen molar-refractivity contribution in [1.82, 2.24) is 4.90 Å². The van der Waals surface area contributed by atoms with Gasteiger partial charge in [-0.05, 0) is 59.6 Å². The van der Waals surface area contributed by atoms with Crippen molar-refractivity contribution in [1.29, 1.82) is 0 Å². The van der Waals surface area contributed by atoms with Crippen LogP contribution in [-0.2, 0) is 11.1 Å². The maximum absolute atomic E-state index is 12.5. The molecule has 1 amide bonds. The molecular weight excluding hydrogens is 383 g/mol. The van der Waals surface area contributed by atoms with E-state index in [0.29, 0.717) is 30.4 Å². The summed E-state index contributed by atoms with van der Waals surface area (Å²) in [6.45, 7) is 4.07. The smallest absolute Gasteiger partial charge is 0.337 e. The highest BCUT2D eigenvalue weighted by Gasteiger charge is 2.37. The summed E-state index contributed by atoms with van der Waals surface area (Å²) < 4.78 is 11.9. The van der Waals surface area contributed by atoms with Gasteiger partial charge in [0.25, 0.3) is 11.6 Å². The lowest BCUT2D eigenvalue weighted by molar-refractivity contribution is -0.385. The van der Waals surface area contributed by atoms with Gasteiger partial charge in [-0.3, -0.25) is 19.5 Å². The molecule has 150 valence electrons. The van der Waals surface area contributed by atoms with Crippen LogP contribution in [-0.4, -0.2) is 32.6 Å². The molecule has 0 unspecified atom stereocenters. The molecule has 8 nitrogen and oxygen atoms in total. The third-order valence-corrected chi connectivity index (χ3v) is 6.71. The van der Waals surface area contributed by atoms with Crippen LogP contribution in [0.1, 0.15) is 61.0 Å². The maximum atomic E-state index is 12.5. The van der Waals surface area contributed by atoms with Gasteiger partial charge in [0.05, 0.1) is 4.92 Å². The molecule has 0 bridgehead atoms. The lowest BCUT2D eigenvalue weighted by atomic mass is 9.82. The average molecular weight is 406 g/mol. The first-order chi connectivity index (χ1) is 13.1. The minimum absolute atomic E-state index is 0.121. The summed E-state index contributed by atoms with van der Waals surface area (Å²) in [5, 5.41) is 11.6. The van der Waals surface area contributed by atoms with Crippen LogP contribution in [0.3, 0.4) is 0 Å². The molecule has 0 radical (unpaired) electrons. The van der Waals surface area contributed by atoms with Crippen molar-refractivity contribution >= 4 is 24.8 Å². The van der Waals surface area contributed by atoms with E-state index >= 15 is 0 Å². The summed E-state index contributed by atoms with van der Waals surface area (Å²) in [5.41, 5.74) is 3.77. The molecule has 28 heavy (non-hydrogen) atoms. The van der Waals surface area contributed by atoms with Gasteiger partial charge in [0.15, 0.2) is 0 Å². The number of benzene rings is 1. The summed E-state index contributed by atoms with van der Waals surface area (Å²) in [6.07, 6.45) is 1.73.